The molecule has 3 rings (SSSR count). The Kier molecular flexibility index (Phi) is 6.11. The number of nitrogens with zero attached hydrogens (tertiary/aromatic N) is 3. The molecule has 3 aromatic rings. The first-order valence-electron chi connectivity index (χ1n) is 7.22. The van der Waals surface area contributed by atoms with E-state index in [-0.39, 0.29) is 16.7 Å². The maximum absolute atomic E-state index is 12.5. The molecule has 0 unspecified atom stereocenters. The summed E-state index contributed by atoms with van der Waals surface area (Å²) < 4.78 is -0.726. The van der Waals surface area contributed by atoms with E-state index in [0.717, 1.165) is 0 Å². The summed E-state index contributed by atoms with van der Waals surface area (Å²) in [6, 6.07) is 11.3. The molecule has 2 aromatic carbocycles. The Bertz CT molecular complexity index is 1010. The number of rotatable bonds is 3. The molecule has 1 N–H and O–H groups in total. The van der Waals surface area contributed by atoms with Gasteiger partial charge in [0.2, 0.25) is 9.62 Å². The van der Waals surface area contributed by atoms with Gasteiger partial charge in [-0.3, -0.25) is 4.79 Å². The molecule has 0 fully saturated rings. The number of aromatic nitrogens is 3. The summed E-state index contributed by atoms with van der Waals surface area (Å²) in [5.41, 5.74) is 0.883. The van der Waals surface area contributed by atoms with Crippen LogP contribution in [0.3, 0.4) is 0 Å². The zero-order valence-electron chi connectivity index (χ0n) is 13.1. The molecule has 0 spiro atoms. The maximum atomic E-state index is 12.5. The van der Waals surface area contributed by atoms with Crippen LogP contribution in [-0.4, -0.2) is 20.7 Å². The van der Waals surface area contributed by atoms with Crippen LogP contribution in [0.5, 0.6) is 0 Å². The van der Waals surface area contributed by atoms with E-state index in [2.05, 4.69) is 15.4 Å². The topological polar surface area (TPSA) is 59.8 Å². The van der Waals surface area contributed by atoms with Crippen molar-refractivity contribution in [1.82, 2.24) is 14.8 Å². The Hall–Kier alpha value is -1.21. The van der Waals surface area contributed by atoms with E-state index >= 15 is 0 Å². The van der Waals surface area contributed by atoms with Crippen molar-refractivity contribution in [3.63, 3.8) is 0 Å². The minimum absolute atomic E-state index is 0.0814. The fourth-order valence-electron chi connectivity index (χ4n) is 2.14. The van der Waals surface area contributed by atoms with Crippen LogP contribution >= 0.6 is 69.6 Å². The van der Waals surface area contributed by atoms with Crippen molar-refractivity contribution >= 4 is 81.2 Å². The van der Waals surface area contributed by atoms with E-state index in [1.165, 1.54) is 10.7 Å². The maximum Gasteiger partial charge on any atom is 0.295 e. The largest absolute Gasteiger partial charge is 0.319 e. The van der Waals surface area contributed by atoms with Gasteiger partial charge in [0, 0.05) is 10.7 Å². The van der Waals surface area contributed by atoms with Gasteiger partial charge < -0.3 is 5.32 Å². The predicted molar refractivity (Wildman–Crippen MR) is 110 cm³/mol. The van der Waals surface area contributed by atoms with Crippen LogP contribution in [0.2, 0.25) is 15.1 Å². The Morgan fingerprint density at radius 3 is 2.37 bits per heavy atom. The normalized spacial score (nSPS) is 11.5. The third-order valence-electron chi connectivity index (χ3n) is 3.29. The van der Waals surface area contributed by atoms with Gasteiger partial charge in [0.15, 0.2) is 5.82 Å². The van der Waals surface area contributed by atoms with Gasteiger partial charge in [-0.15, -0.1) is 5.10 Å². The lowest BCUT2D eigenvalue weighted by Crippen LogP contribution is -2.14. The van der Waals surface area contributed by atoms with Crippen LogP contribution in [0.25, 0.3) is 5.69 Å². The highest BCUT2D eigenvalue weighted by molar-refractivity contribution is 6.66. The van der Waals surface area contributed by atoms with Crippen molar-refractivity contribution in [3.8, 4) is 5.69 Å². The number of alkyl halides is 3. The molecule has 0 aliphatic rings. The quantitative estimate of drug-likeness (QED) is 0.443. The van der Waals surface area contributed by atoms with E-state index in [0.29, 0.717) is 21.4 Å². The zero-order chi connectivity index (χ0) is 19.8. The molecule has 5 nitrogen and oxygen atoms in total. The van der Waals surface area contributed by atoms with Gasteiger partial charge in [0.1, 0.15) is 0 Å². The van der Waals surface area contributed by atoms with Crippen molar-refractivity contribution in [2.75, 3.05) is 5.32 Å². The van der Waals surface area contributed by atoms with Gasteiger partial charge in [-0.2, -0.15) is 0 Å². The minimum Gasteiger partial charge on any atom is -0.319 e. The van der Waals surface area contributed by atoms with E-state index in [1.54, 1.807) is 36.4 Å². The molecule has 0 bridgehead atoms. The summed E-state index contributed by atoms with van der Waals surface area (Å²) >= 11 is 35.8. The van der Waals surface area contributed by atoms with Crippen molar-refractivity contribution in [2.45, 2.75) is 3.79 Å². The number of benzene rings is 2. The number of amides is 1. The van der Waals surface area contributed by atoms with E-state index in [1.807, 2.05) is 0 Å². The molecule has 1 aromatic heterocycles. The second-order valence-corrected chi connectivity index (χ2v) is 8.76. The standard InChI is InChI=1S/C16H8Cl6N4O/c17-8-2-1-3-9(6-8)23-14(27)13-24-15(16(20,21)22)26(25-13)10-4-5-11(18)12(19)7-10/h1-7H,(H,23,27). The first-order valence-corrected chi connectivity index (χ1v) is 9.48. The Labute approximate surface area is 184 Å². The zero-order valence-corrected chi connectivity index (χ0v) is 17.6. The molecule has 1 amide bonds. The fourth-order valence-corrected chi connectivity index (χ4v) is 2.99. The lowest BCUT2D eigenvalue weighted by Gasteiger charge is -2.12. The summed E-state index contributed by atoms with van der Waals surface area (Å²) in [7, 11) is 0. The highest BCUT2D eigenvalue weighted by Gasteiger charge is 2.33. The van der Waals surface area contributed by atoms with Crippen molar-refractivity contribution < 1.29 is 4.79 Å². The fraction of sp³-hybridized carbons (Fsp3) is 0.0625. The minimum atomic E-state index is -1.94. The molecule has 140 valence electrons. The first-order chi connectivity index (χ1) is 12.6. The third-order valence-corrected chi connectivity index (χ3v) is 4.78. The summed E-state index contributed by atoms with van der Waals surface area (Å²) in [6.07, 6.45) is 0. The number of hydrogen-bond donors (Lipinski definition) is 1. The third kappa shape index (κ3) is 4.80. The van der Waals surface area contributed by atoms with Gasteiger partial charge in [0.25, 0.3) is 5.91 Å². The molecule has 0 saturated carbocycles. The molecule has 0 aliphatic heterocycles. The van der Waals surface area contributed by atoms with Crippen molar-refractivity contribution in [2.24, 2.45) is 0 Å². The van der Waals surface area contributed by atoms with E-state index in [4.69, 9.17) is 69.6 Å². The highest BCUT2D eigenvalue weighted by Crippen LogP contribution is 2.38. The molecule has 0 atom stereocenters. The number of carbonyl (C=O) groups excluding carboxylic acids is 1. The Balaban J connectivity index is 2.01. The number of anilines is 1. The predicted octanol–water partition coefficient (Wildman–Crippen LogP) is 6.31. The molecule has 1 heterocycles. The lowest BCUT2D eigenvalue weighted by atomic mass is 10.3. The molecule has 27 heavy (non-hydrogen) atoms. The van der Waals surface area contributed by atoms with Crippen molar-refractivity contribution in [3.05, 3.63) is 69.2 Å². The smallest absolute Gasteiger partial charge is 0.295 e. The Morgan fingerprint density at radius 1 is 1.00 bits per heavy atom. The highest BCUT2D eigenvalue weighted by atomic mass is 35.6. The summed E-state index contributed by atoms with van der Waals surface area (Å²) in [5, 5.41) is 7.84. The van der Waals surface area contributed by atoms with E-state index in [9.17, 15) is 4.79 Å². The molecular weight excluding hydrogens is 477 g/mol. The van der Waals surface area contributed by atoms with Crippen LogP contribution in [-0.2, 0) is 3.79 Å². The van der Waals surface area contributed by atoms with Crippen LogP contribution in [0, 0.1) is 0 Å². The molecule has 11 heteroatoms. The van der Waals surface area contributed by atoms with Gasteiger partial charge in [-0.1, -0.05) is 75.7 Å². The van der Waals surface area contributed by atoms with Crippen molar-refractivity contribution in [1.29, 1.82) is 0 Å². The van der Waals surface area contributed by atoms with Crippen LogP contribution in [0.4, 0.5) is 5.69 Å². The number of carbonyl (C=O) groups is 1. The molecule has 0 saturated heterocycles. The van der Waals surface area contributed by atoms with Gasteiger partial charge in [0.05, 0.1) is 15.7 Å². The number of hydrogen-bond acceptors (Lipinski definition) is 3. The molecular formula is C16H8Cl6N4O. The van der Waals surface area contributed by atoms with Gasteiger partial charge >= 0.3 is 0 Å². The number of halogens is 6. The van der Waals surface area contributed by atoms with E-state index < -0.39 is 9.70 Å². The second-order valence-electron chi connectivity index (χ2n) is 5.23. The first kappa shape index (κ1) is 20.5. The second kappa shape index (κ2) is 8.03. The molecule has 0 radical (unpaired) electrons. The average Bonchev–Trinajstić information content (AvgIpc) is 3.03. The van der Waals surface area contributed by atoms with Crippen LogP contribution < -0.4 is 5.32 Å². The average molecular weight is 485 g/mol. The SMILES string of the molecule is O=C(Nc1cccc(Cl)c1)c1nc(C(Cl)(Cl)Cl)n(-c2ccc(Cl)c(Cl)c2)n1. The summed E-state index contributed by atoms with van der Waals surface area (Å²) in [4.78, 5) is 16.6. The summed E-state index contributed by atoms with van der Waals surface area (Å²) in [5.74, 6) is -0.893. The Morgan fingerprint density at radius 2 is 1.74 bits per heavy atom. The summed E-state index contributed by atoms with van der Waals surface area (Å²) in [6.45, 7) is 0. The monoisotopic (exact) mass is 482 g/mol. The number of nitrogens with one attached hydrogen (secondary N) is 1. The van der Waals surface area contributed by atoms with Gasteiger partial charge in [-0.25, -0.2) is 9.67 Å². The van der Waals surface area contributed by atoms with Crippen LogP contribution in [0.1, 0.15) is 16.4 Å². The lowest BCUT2D eigenvalue weighted by molar-refractivity contribution is 0.101. The van der Waals surface area contributed by atoms with Crippen LogP contribution in [0.15, 0.2) is 42.5 Å². The molecule has 0 aliphatic carbocycles. The van der Waals surface area contributed by atoms with Gasteiger partial charge in [-0.05, 0) is 36.4 Å².